The zero-order valence-corrected chi connectivity index (χ0v) is 8.59. The van der Waals surface area contributed by atoms with Gasteiger partial charge in [0.25, 0.3) is 6.43 Å². The van der Waals surface area contributed by atoms with Crippen LogP contribution in [-0.2, 0) is 4.74 Å². The molecule has 0 bridgehead atoms. The number of esters is 1. The van der Waals surface area contributed by atoms with Gasteiger partial charge in [0.15, 0.2) is 0 Å². The highest BCUT2D eigenvalue weighted by atomic mass is 35.5. The molecule has 0 aliphatic rings. The second-order valence-electron chi connectivity index (χ2n) is 2.59. The summed E-state index contributed by atoms with van der Waals surface area (Å²) in [5, 5.41) is -0.272. The van der Waals surface area contributed by atoms with Gasteiger partial charge in [-0.05, 0) is 13.0 Å². The minimum atomic E-state index is -2.79. The first-order valence-corrected chi connectivity index (χ1v) is 4.55. The van der Waals surface area contributed by atoms with Crippen molar-refractivity contribution in [2.75, 3.05) is 6.61 Å². The lowest BCUT2D eigenvalue weighted by atomic mass is 10.1. The molecule has 0 N–H and O–H groups in total. The van der Waals surface area contributed by atoms with Gasteiger partial charge in [0, 0.05) is 11.8 Å². The van der Waals surface area contributed by atoms with Gasteiger partial charge in [0.2, 0.25) is 0 Å². The molecule has 0 aromatic carbocycles. The van der Waals surface area contributed by atoms with Crippen LogP contribution < -0.4 is 0 Å². The van der Waals surface area contributed by atoms with Gasteiger partial charge in [-0.1, -0.05) is 11.6 Å². The fraction of sp³-hybridized carbons (Fsp3) is 0.333. The van der Waals surface area contributed by atoms with Crippen LogP contribution in [0.2, 0.25) is 5.15 Å². The highest BCUT2D eigenvalue weighted by Crippen LogP contribution is 2.27. The molecule has 0 atom stereocenters. The largest absolute Gasteiger partial charge is 0.462 e. The minimum absolute atomic E-state index is 0.0900. The number of halogens is 3. The van der Waals surface area contributed by atoms with Crippen molar-refractivity contribution in [3.63, 3.8) is 0 Å². The third kappa shape index (κ3) is 2.62. The van der Waals surface area contributed by atoms with Gasteiger partial charge < -0.3 is 4.74 Å². The highest BCUT2D eigenvalue weighted by molar-refractivity contribution is 6.32. The molecule has 0 aliphatic heterocycles. The van der Waals surface area contributed by atoms with Crippen molar-refractivity contribution in [2.45, 2.75) is 13.3 Å². The van der Waals surface area contributed by atoms with Crippen molar-refractivity contribution in [1.29, 1.82) is 0 Å². The molecule has 1 aromatic heterocycles. The summed E-state index contributed by atoms with van der Waals surface area (Å²) in [6, 6.07) is 1.04. The van der Waals surface area contributed by atoms with Crippen LogP contribution in [0.1, 0.15) is 29.3 Å². The first-order chi connectivity index (χ1) is 7.07. The van der Waals surface area contributed by atoms with Crippen LogP contribution in [0.25, 0.3) is 0 Å². The number of hydrogen-bond acceptors (Lipinski definition) is 3. The van der Waals surface area contributed by atoms with E-state index < -0.39 is 18.0 Å². The van der Waals surface area contributed by atoms with Crippen LogP contribution in [0.5, 0.6) is 0 Å². The van der Waals surface area contributed by atoms with Gasteiger partial charge in [-0.25, -0.2) is 18.6 Å². The van der Waals surface area contributed by atoms with E-state index in [4.69, 9.17) is 11.6 Å². The van der Waals surface area contributed by atoms with E-state index in [9.17, 15) is 13.6 Å². The number of nitrogens with zero attached hydrogens (tertiary/aromatic N) is 1. The van der Waals surface area contributed by atoms with Crippen molar-refractivity contribution in [3.8, 4) is 0 Å². The van der Waals surface area contributed by atoms with Crippen molar-refractivity contribution < 1.29 is 18.3 Å². The maximum Gasteiger partial charge on any atom is 0.341 e. The normalized spacial score (nSPS) is 10.5. The Morgan fingerprint density at radius 3 is 2.87 bits per heavy atom. The van der Waals surface area contributed by atoms with E-state index in [0.29, 0.717) is 0 Å². The molecule has 82 valence electrons. The lowest BCUT2D eigenvalue weighted by Crippen LogP contribution is -2.10. The van der Waals surface area contributed by atoms with Crippen LogP contribution in [0.15, 0.2) is 12.3 Å². The molecule has 0 amide bonds. The molecule has 6 heteroatoms. The van der Waals surface area contributed by atoms with Crippen LogP contribution in [0, 0.1) is 0 Å². The Morgan fingerprint density at radius 2 is 2.33 bits per heavy atom. The van der Waals surface area contributed by atoms with Crippen molar-refractivity contribution in [1.82, 2.24) is 4.98 Å². The summed E-state index contributed by atoms with van der Waals surface area (Å²) in [4.78, 5) is 14.9. The standard InChI is InChI=1S/C9H8ClF2NO2/c1-2-15-9(14)6-5(8(11)12)3-4-13-7(6)10/h3-4,8H,2H2,1H3. The lowest BCUT2D eigenvalue weighted by molar-refractivity contribution is 0.0515. The second-order valence-corrected chi connectivity index (χ2v) is 2.95. The molecule has 1 aromatic rings. The average molecular weight is 236 g/mol. The Bertz CT molecular complexity index is 371. The maximum atomic E-state index is 12.5. The number of alkyl halides is 2. The Labute approximate surface area is 90.0 Å². The number of pyridine rings is 1. The Morgan fingerprint density at radius 1 is 1.67 bits per heavy atom. The van der Waals surface area contributed by atoms with Crippen molar-refractivity contribution >= 4 is 17.6 Å². The van der Waals surface area contributed by atoms with Crippen LogP contribution in [0.4, 0.5) is 8.78 Å². The molecule has 0 unspecified atom stereocenters. The molecule has 0 saturated heterocycles. The number of ether oxygens (including phenoxy) is 1. The van der Waals surface area contributed by atoms with E-state index in [-0.39, 0.29) is 17.3 Å². The van der Waals surface area contributed by atoms with Gasteiger partial charge in [0.1, 0.15) is 10.7 Å². The van der Waals surface area contributed by atoms with E-state index in [2.05, 4.69) is 9.72 Å². The first kappa shape index (κ1) is 11.8. The van der Waals surface area contributed by atoms with E-state index in [0.717, 1.165) is 12.3 Å². The molecule has 3 nitrogen and oxygen atoms in total. The summed E-state index contributed by atoms with van der Waals surface area (Å²) < 4.78 is 29.6. The summed E-state index contributed by atoms with van der Waals surface area (Å²) in [5.41, 5.74) is -0.829. The predicted octanol–water partition coefficient (Wildman–Crippen LogP) is 2.85. The summed E-state index contributed by atoms with van der Waals surface area (Å²) in [6.07, 6.45) is -1.67. The second kappa shape index (κ2) is 5.02. The SMILES string of the molecule is CCOC(=O)c1c(C(F)F)ccnc1Cl. The Balaban J connectivity index is 3.18. The molecule has 1 rings (SSSR count). The lowest BCUT2D eigenvalue weighted by Gasteiger charge is -2.08. The van der Waals surface area contributed by atoms with Gasteiger partial charge in [-0.2, -0.15) is 0 Å². The third-order valence-corrected chi connectivity index (χ3v) is 1.94. The van der Waals surface area contributed by atoms with Crippen LogP contribution >= 0.6 is 11.6 Å². The minimum Gasteiger partial charge on any atom is -0.462 e. The quantitative estimate of drug-likeness (QED) is 0.597. The number of hydrogen-bond donors (Lipinski definition) is 0. The van der Waals surface area contributed by atoms with Crippen LogP contribution in [-0.4, -0.2) is 17.6 Å². The van der Waals surface area contributed by atoms with E-state index >= 15 is 0 Å². The molecular weight excluding hydrogens is 228 g/mol. The highest BCUT2D eigenvalue weighted by Gasteiger charge is 2.22. The summed E-state index contributed by atoms with van der Waals surface area (Å²) in [6.45, 7) is 1.66. The van der Waals surface area contributed by atoms with Crippen molar-refractivity contribution in [3.05, 3.63) is 28.5 Å². The summed E-state index contributed by atoms with van der Waals surface area (Å²) in [7, 11) is 0. The first-order valence-electron chi connectivity index (χ1n) is 4.17. The fourth-order valence-corrected chi connectivity index (χ4v) is 1.28. The molecule has 0 radical (unpaired) electrons. The number of carbonyl (C=O) groups is 1. The molecule has 1 heterocycles. The molecule has 0 aliphatic carbocycles. The molecule has 0 fully saturated rings. The average Bonchev–Trinajstić information content (AvgIpc) is 2.17. The van der Waals surface area contributed by atoms with Gasteiger partial charge in [-0.3, -0.25) is 0 Å². The topological polar surface area (TPSA) is 39.2 Å². The molecular formula is C9H8ClF2NO2. The summed E-state index contributed by atoms with van der Waals surface area (Å²) >= 11 is 5.56. The smallest absolute Gasteiger partial charge is 0.341 e. The maximum absolute atomic E-state index is 12.5. The predicted molar refractivity (Wildman–Crippen MR) is 50.2 cm³/mol. The Hall–Kier alpha value is -1.23. The Kier molecular flexibility index (Phi) is 3.96. The van der Waals surface area contributed by atoms with Gasteiger partial charge >= 0.3 is 5.97 Å². The van der Waals surface area contributed by atoms with Crippen molar-refractivity contribution in [2.24, 2.45) is 0 Å². The summed E-state index contributed by atoms with van der Waals surface area (Å²) in [5.74, 6) is -0.883. The van der Waals surface area contributed by atoms with E-state index in [1.807, 2.05) is 0 Å². The zero-order valence-electron chi connectivity index (χ0n) is 7.84. The number of aromatic nitrogens is 1. The zero-order chi connectivity index (χ0) is 11.4. The number of carbonyl (C=O) groups excluding carboxylic acids is 1. The van der Waals surface area contributed by atoms with E-state index in [1.165, 1.54) is 0 Å². The van der Waals surface area contributed by atoms with Crippen LogP contribution in [0.3, 0.4) is 0 Å². The van der Waals surface area contributed by atoms with Gasteiger partial charge in [0.05, 0.1) is 6.61 Å². The molecule has 0 saturated carbocycles. The third-order valence-electron chi connectivity index (χ3n) is 1.65. The molecule has 15 heavy (non-hydrogen) atoms. The number of rotatable bonds is 3. The molecule has 0 spiro atoms. The monoisotopic (exact) mass is 235 g/mol. The van der Waals surface area contributed by atoms with Gasteiger partial charge in [-0.15, -0.1) is 0 Å². The van der Waals surface area contributed by atoms with E-state index in [1.54, 1.807) is 6.92 Å². The fourth-order valence-electron chi connectivity index (χ4n) is 1.04.